The zero-order valence-electron chi connectivity index (χ0n) is 12.2. The first-order valence-electron chi connectivity index (χ1n) is 7.29. The second-order valence-corrected chi connectivity index (χ2v) is 5.76. The van der Waals surface area contributed by atoms with Gasteiger partial charge in [-0.3, -0.25) is 4.79 Å². The summed E-state index contributed by atoms with van der Waals surface area (Å²) in [5.74, 6) is 0.745. The fraction of sp³-hybridized carbons (Fsp3) is 0.562. The number of ether oxygens (including phenoxy) is 1. The van der Waals surface area contributed by atoms with Gasteiger partial charge in [-0.05, 0) is 17.9 Å². The number of hydrogen-bond donors (Lipinski definition) is 2. The maximum absolute atomic E-state index is 12.1. The summed E-state index contributed by atoms with van der Waals surface area (Å²) in [7, 11) is 0. The molecule has 1 aliphatic heterocycles. The second kappa shape index (κ2) is 6.86. The van der Waals surface area contributed by atoms with E-state index in [9.17, 15) is 4.79 Å². The number of benzene rings is 1. The van der Waals surface area contributed by atoms with E-state index in [1.54, 1.807) is 0 Å². The van der Waals surface area contributed by atoms with Crippen molar-refractivity contribution in [3.05, 3.63) is 35.9 Å². The van der Waals surface area contributed by atoms with Gasteiger partial charge in [0.05, 0.1) is 6.10 Å². The predicted molar refractivity (Wildman–Crippen MR) is 79.1 cm³/mol. The molecule has 4 heteroatoms. The van der Waals surface area contributed by atoms with E-state index in [2.05, 4.69) is 19.2 Å². The van der Waals surface area contributed by atoms with Crippen molar-refractivity contribution in [1.82, 2.24) is 5.32 Å². The summed E-state index contributed by atoms with van der Waals surface area (Å²) in [6, 6.07) is 8.84. The third-order valence-electron chi connectivity index (χ3n) is 3.90. The van der Waals surface area contributed by atoms with E-state index >= 15 is 0 Å². The van der Waals surface area contributed by atoms with Gasteiger partial charge in [-0.2, -0.15) is 0 Å². The molecule has 3 N–H and O–H groups in total. The minimum Gasteiger partial charge on any atom is -0.378 e. The highest BCUT2D eigenvalue weighted by atomic mass is 16.5. The van der Waals surface area contributed by atoms with E-state index < -0.39 is 6.04 Å². The van der Waals surface area contributed by atoms with Crippen molar-refractivity contribution in [3.63, 3.8) is 0 Å². The molecule has 3 unspecified atom stereocenters. The van der Waals surface area contributed by atoms with Gasteiger partial charge in [-0.1, -0.05) is 44.2 Å². The Balaban J connectivity index is 1.86. The molecule has 1 aromatic rings. The molecule has 0 aromatic heterocycles. The van der Waals surface area contributed by atoms with Crippen LogP contribution >= 0.6 is 0 Å². The average Bonchev–Trinajstić information content (AvgIpc) is 2.93. The molecular formula is C16H24N2O2. The summed E-state index contributed by atoms with van der Waals surface area (Å²) in [5.41, 5.74) is 6.82. The van der Waals surface area contributed by atoms with E-state index in [1.165, 1.54) is 0 Å². The highest BCUT2D eigenvalue weighted by Gasteiger charge is 2.31. The molecule has 0 aliphatic carbocycles. The summed E-state index contributed by atoms with van der Waals surface area (Å²) in [6.45, 7) is 5.73. The van der Waals surface area contributed by atoms with Gasteiger partial charge in [0, 0.05) is 19.1 Å². The molecule has 20 heavy (non-hydrogen) atoms. The number of nitrogens with one attached hydrogen (secondary N) is 1. The lowest BCUT2D eigenvalue weighted by Crippen LogP contribution is -2.39. The molecule has 0 radical (unpaired) electrons. The van der Waals surface area contributed by atoms with Gasteiger partial charge in [-0.15, -0.1) is 0 Å². The standard InChI is InChI=1S/C16H24N2O2/c1-11(2)15-13(8-9-20-15)10-18-16(19)14(17)12-6-4-3-5-7-12/h3-7,11,13-15H,8-10,17H2,1-2H3,(H,18,19). The molecule has 2 rings (SSSR count). The highest BCUT2D eigenvalue weighted by Crippen LogP contribution is 2.26. The maximum atomic E-state index is 12.1. The Labute approximate surface area is 120 Å². The monoisotopic (exact) mass is 276 g/mol. The van der Waals surface area contributed by atoms with Crippen molar-refractivity contribution >= 4 is 5.91 Å². The molecule has 3 atom stereocenters. The Morgan fingerprint density at radius 3 is 2.75 bits per heavy atom. The van der Waals surface area contributed by atoms with Crippen LogP contribution in [0.15, 0.2) is 30.3 Å². The van der Waals surface area contributed by atoms with Gasteiger partial charge in [0.15, 0.2) is 0 Å². The van der Waals surface area contributed by atoms with Crippen molar-refractivity contribution in [2.45, 2.75) is 32.4 Å². The predicted octanol–water partition coefficient (Wildman–Crippen LogP) is 1.86. The fourth-order valence-corrected chi connectivity index (χ4v) is 2.76. The van der Waals surface area contributed by atoms with Crippen LogP contribution in [0.3, 0.4) is 0 Å². The highest BCUT2D eigenvalue weighted by molar-refractivity contribution is 5.82. The Hall–Kier alpha value is -1.39. The van der Waals surface area contributed by atoms with Gasteiger partial charge < -0.3 is 15.8 Å². The molecule has 1 amide bonds. The largest absolute Gasteiger partial charge is 0.378 e. The zero-order valence-corrected chi connectivity index (χ0v) is 12.2. The summed E-state index contributed by atoms with van der Waals surface area (Å²) >= 11 is 0. The van der Waals surface area contributed by atoms with Crippen molar-refractivity contribution in [3.8, 4) is 0 Å². The Kier molecular flexibility index (Phi) is 5.15. The topological polar surface area (TPSA) is 64.3 Å². The Morgan fingerprint density at radius 1 is 1.40 bits per heavy atom. The SMILES string of the molecule is CC(C)C1OCCC1CNC(=O)C(N)c1ccccc1. The molecule has 0 spiro atoms. The lowest BCUT2D eigenvalue weighted by atomic mass is 9.93. The van der Waals surface area contributed by atoms with E-state index in [4.69, 9.17) is 10.5 Å². The van der Waals surface area contributed by atoms with Gasteiger partial charge in [0.1, 0.15) is 6.04 Å². The first-order chi connectivity index (χ1) is 9.59. The second-order valence-electron chi connectivity index (χ2n) is 5.76. The van der Waals surface area contributed by atoms with Crippen molar-refractivity contribution < 1.29 is 9.53 Å². The van der Waals surface area contributed by atoms with Crippen LogP contribution in [0, 0.1) is 11.8 Å². The normalized spacial score (nSPS) is 23.8. The minimum atomic E-state index is -0.601. The molecule has 4 nitrogen and oxygen atoms in total. The van der Waals surface area contributed by atoms with Crippen LogP contribution in [0.5, 0.6) is 0 Å². The summed E-state index contributed by atoms with van der Waals surface area (Å²) in [4.78, 5) is 12.1. The molecule has 1 aromatic carbocycles. The number of nitrogens with two attached hydrogens (primary N) is 1. The molecular weight excluding hydrogens is 252 g/mol. The van der Waals surface area contributed by atoms with Crippen LogP contribution in [0.2, 0.25) is 0 Å². The van der Waals surface area contributed by atoms with Crippen LogP contribution in [-0.2, 0) is 9.53 Å². The van der Waals surface area contributed by atoms with Crippen LogP contribution in [0.4, 0.5) is 0 Å². The summed E-state index contributed by atoms with van der Waals surface area (Å²) in [6.07, 6.45) is 1.24. The Morgan fingerprint density at radius 2 is 2.10 bits per heavy atom. The van der Waals surface area contributed by atoms with Crippen molar-refractivity contribution in [1.29, 1.82) is 0 Å². The third kappa shape index (κ3) is 3.58. The van der Waals surface area contributed by atoms with Crippen LogP contribution in [0.1, 0.15) is 31.9 Å². The molecule has 1 heterocycles. The molecule has 110 valence electrons. The smallest absolute Gasteiger partial charge is 0.241 e. The quantitative estimate of drug-likeness (QED) is 0.863. The third-order valence-corrected chi connectivity index (χ3v) is 3.90. The van der Waals surface area contributed by atoms with E-state index in [0.717, 1.165) is 18.6 Å². The van der Waals surface area contributed by atoms with Gasteiger partial charge >= 0.3 is 0 Å². The zero-order chi connectivity index (χ0) is 14.5. The van der Waals surface area contributed by atoms with Crippen LogP contribution < -0.4 is 11.1 Å². The summed E-state index contributed by atoms with van der Waals surface area (Å²) in [5, 5.41) is 2.96. The maximum Gasteiger partial charge on any atom is 0.241 e. The van der Waals surface area contributed by atoms with Gasteiger partial charge in [-0.25, -0.2) is 0 Å². The first kappa shape index (κ1) is 15.0. The fourth-order valence-electron chi connectivity index (χ4n) is 2.76. The van der Waals surface area contributed by atoms with E-state index in [1.807, 2.05) is 30.3 Å². The molecule has 0 bridgehead atoms. The van der Waals surface area contributed by atoms with Gasteiger partial charge in [0.25, 0.3) is 0 Å². The van der Waals surface area contributed by atoms with Crippen LogP contribution in [-0.4, -0.2) is 25.2 Å². The molecule has 1 fully saturated rings. The summed E-state index contributed by atoms with van der Waals surface area (Å²) < 4.78 is 5.72. The minimum absolute atomic E-state index is 0.120. The van der Waals surface area contributed by atoms with Crippen molar-refractivity contribution in [2.75, 3.05) is 13.2 Å². The Bertz CT molecular complexity index is 433. The number of carbonyl (C=O) groups excluding carboxylic acids is 1. The number of carbonyl (C=O) groups is 1. The molecule has 1 saturated heterocycles. The van der Waals surface area contributed by atoms with Gasteiger partial charge in [0.2, 0.25) is 5.91 Å². The molecule has 1 aliphatic rings. The average molecular weight is 276 g/mol. The van der Waals surface area contributed by atoms with Crippen LogP contribution in [0.25, 0.3) is 0 Å². The lowest BCUT2D eigenvalue weighted by molar-refractivity contribution is -0.122. The van der Waals surface area contributed by atoms with E-state index in [-0.39, 0.29) is 12.0 Å². The number of amides is 1. The molecule has 0 saturated carbocycles. The van der Waals surface area contributed by atoms with Crippen molar-refractivity contribution in [2.24, 2.45) is 17.6 Å². The number of hydrogen-bond acceptors (Lipinski definition) is 3. The lowest BCUT2D eigenvalue weighted by Gasteiger charge is -2.23. The van der Waals surface area contributed by atoms with E-state index in [0.29, 0.717) is 18.4 Å². The first-order valence-corrected chi connectivity index (χ1v) is 7.29. The number of rotatable bonds is 5.